The van der Waals surface area contributed by atoms with Gasteiger partial charge in [0.1, 0.15) is 51.6 Å². The number of rotatable bonds is 13. The van der Waals surface area contributed by atoms with Gasteiger partial charge < -0.3 is 35.9 Å². The fourth-order valence-corrected chi connectivity index (χ4v) is 7.23. The molecule has 2 amide bonds. The summed E-state index contributed by atoms with van der Waals surface area (Å²) in [6.07, 6.45) is 0. The smallest absolute Gasteiger partial charge is 0.259 e. The third kappa shape index (κ3) is 12.1. The quantitative estimate of drug-likeness (QED) is 0.0649. The molecule has 2 aromatic heterocycles. The molecule has 0 aliphatic heterocycles. The number of primary amides is 1. The maximum atomic E-state index is 14.7. The molecule has 13 nitrogen and oxygen atoms in total. The summed E-state index contributed by atoms with van der Waals surface area (Å²) in [7, 11) is 4.38. The van der Waals surface area contributed by atoms with Crippen molar-refractivity contribution in [3.8, 4) is 28.7 Å². The molecule has 2 heterocycles. The largest absolute Gasteiger partial charge is 0.497 e. The van der Waals surface area contributed by atoms with Gasteiger partial charge in [-0.1, -0.05) is 24.3 Å². The average Bonchev–Trinajstić information content (AvgIpc) is 3.27. The van der Waals surface area contributed by atoms with E-state index in [1.807, 2.05) is 45.2 Å². The highest BCUT2D eigenvalue weighted by Crippen LogP contribution is 2.35. The fourth-order valence-electron chi connectivity index (χ4n) is 6.33. The maximum absolute atomic E-state index is 14.7. The highest BCUT2D eigenvalue weighted by molar-refractivity contribution is 14.1. The van der Waals surface area contributed by atoms with Gasteiger partial charge in [-0.25, -0.2) is 17.6 Å². The second kappa shape index (κ2) is 21.6. The third-order valence-electron chi connectivity index (χ3n) is 9.88. The molecule has 5 aromatic carbocycles. The second-order valence-electron chi connectivity index (χ2n) is 14.7. The van der Waals surface area contributed by atoms with Crippen molar-refractivity contribution in [3.05, 3.63) is 188 Å². The molecule has 67 heavy (non-hydrogen) atoms. The normalized spacial score (nSPS) is 10.7. The molecule has 0 spiro atoms. The van der Waals surface area contributed by atoms with Gasteiger partial charge >= 0.3 is 0 Å². The number of carbonyl (C=O) groups is 2. The van der Waals surface area contributed by atoms with Crippen LogP contribution in [0.1, 0.15) is 37.4 Å². The van der Waals surface area contributed by atoms with Crippen molar-refractivity contribution >= 4 is 80.0 Å². The first-order valence-electron chi connectivity index (χ1n) is 19.8. The van der Waals surface area contributed by atoms with Crippen LogP contribution in [0.3, 0.4) is 0 Å². The number of pyridine rings is 2. The van der Waals surface area contributed by atoms with E-state index in [1.54, 1.807) is 69.5 Å². The van der Waals surface area contributed by atoms with E-state index < -0.39 is 46.2 Å². The number of amides is 2. The summed E-state index contributed by atoms with van der Waals surface area (Å²) in [6, 6.07) is 26.7. The van der Waals surface area contributed by atoms with Crippen LogP contribution in [0.2, 0.25) is 0 Å². The Morgan fingerprint density at radius 1 is 0.597 bits per heavy atom. The topological polar surface area (TPSA) is 168 Å². The van der Waals surface area contributed by atoms with Gasteiger partial charge in [-0.2, -0.15) is 0 Å². The summed E-state index contributed by atoms with van der Waals surface area (Å²) in [5.74, 6) is -4.25. The Labute approximate surface area is 408 Å². The maximum Gasteiger partial charge on any atom is 0.259 e. The number of carbonyl (C=O) groups excluding carboxylic acids is 2. The summed E-state index contributed by atoms with van der Waals surface area (Å²) in [5.41, 5.74) is 6.28. The van der Waals surface area contributed by atoms with Crippen LogP contribution in [0, 0.1) is 44.3 Å². The van der Waals surface area contributed by atoms with Gasteiger partial charge in [0.15, 0.2) is 23.1 Å². The molecule has 19 heteroatoms. The number of nitrogens with zero attached hydrogens (tertiary/aromatic N) is 2. The Kier molecular flexibility index (Phi) is 16.0. The van der Waals surface area contributed by atoms with Crippen molar-refractivity contribution in [3.63, 3.8) is 0 Å². The predicted molar refractivity (Wildman–Crippen MR) is 263 cm³/mol. The lowest BCUT2D eigenvalue weighted by Gasteiger charge is -2.20. The zero-order valence-corrected chi connectivity index (χ0v) is 40.5. The zero-order valence-electron chi connectivity index (χ0n) is 36.2. The number of methoxy groups -OCH3 is 1. The molecule has 0 aliphatic rings. The summed E-state index contributed by atoms with van der Waals surface area (Å²) in [6.45, 7) is 3.57. The number of benzene rings is 5. The molecule has 7 rings (SSSR count). The molecule has 5 N–H and O–H groups in total. The van der Waals surface area contributed by atoms with Crippen molar-refractivity contribution in [1.82, 2.24) is 14.5 Å². The van der Waals surface area contributed by atoms with Crippen molar-refractivity contribution < 1.29 is 41.4 Å². The standard InChI is InChI=1S/C28H24F2IN3O4.C20H16F2IN3O3/c1-16-4-11-23(21(30)12-16)38-24-14-25(35)34(2)27(33-22-10-7-18(31)13-20(22)29)26(24)28(36)32-15-17-5-8-19(37-3)9-6-17;1-10-3-6-15(13(22)7-10)29-16-9-17(27)26(2)20(18(16)19(24)28)25-14-5-4-11(23)8-12(14)21/h4-14,33H,15H2,1-3H3,(H,32,36);3-9,25H,1-2H3,(H2,24,28). The van der Waals surface area contributed by atoms with Crippen LogP contribution in [-0.2, 0) is 20.6 Å². The van der Waals surface area contributed by atoms with E-state index in [9.17, 15) is 36.7 Å². The minimum Gasteiger partial charge on any atom is -0.497 e. The van der Waals surface area contributed by atoms with E-state index in [-0.39, 0.29) is 63.7 Å². The number of aromatic nitrogens is 2. The molecule has 7 aromatic rings. The number of anilines is 4. The third-order valence-corrected chi connectivity index (χ3v) is 11.2. The Morgan fingerprint density at radius 2 is 1.04 bits per heavy atom. The molecule has 346 valence electrons. The zero-order chi connectivity index (χ0) is 48.7. The molecule has 0 aliphatic carbocycles. The Bertz CT molecular complexity index is 3150. The van der Waals surface area contributed by atoms with Gasteiger partial charge in [0, 0.05) is 39.9 Å². The van der Waals surface area contributed by atoms with Crippen LogP contribution in [0.5, 0.6) is 28.7 Å². The van der Waals surface area contributed by atoms with Crippen molar-refractivity contribution in [2.45, 2.75) is 20.4 Å². The van der Waals surface area contributed by atoms with Crippen molar-refractivity contribution in [2.24, 2.45) is 19.8 Å². The number of halogens is 6. The molecule has 0 unspecified atom stereocenters. The van der Waals surface area contributed by atoms with Crippen LogP contribution < -0.4 is 47.0 Å². The van der Waals surface area contributed by atoms with E-state index in [0.29, 0.717) is 24.0 Å². The van der Waals surface area contributed by atoms with Gasteiger partial charge in [0.2, 0.25) is 0 Å². The number of nitrogens with one attached hydrogen (secondary N) is 3. The fraction of sp³-hybridized carbons (Fsp3) is 0.125. The highest BCUT2D eigenvalue weighted by atomic mass is 127. The lowest BCUT2D eigenvalue weighted by Crippen LogP contribution is -2.29. The molecule has 0 fully saturated rings. The molecule has 0 atom stereocenters. The minimum absolute atomic E-state index is 0.0210. The minimum atomic E-state index is -0.934. The van der Waals surface area contributed by atoms with Crippen LogP contribution in [0.25, 0.3) is 0 Å². The van der Waals surface area contributed by atoms with E-state index in [2.05, 4.69) is 16.0 Å². The van der Waals surface area contributed by atoms with Crippen LogP contribution in [-0.4, -0.2) is 28.1 Å². The lowest BCUT2D eigenvalue weighted by atomic mass is 10.1. The van der Waals surface area contributed by atoms with Crippen molar-refractivity contribution in [2.75, 3.05) is 17.7 Å². The second-order valence-corrected chi connectivity index (χ2v) is 17.2. The van der Waals surface area contributed by atoms with E-state index in [0.717, 1.165) is 26.8 Å². The number of aryl methyl sites for hydroxylation is 2. The van der Waals surface area contributed by atoms with Gasteiger partial charge in [-0.05, 0) is 149 Å². The number of hydrogen-bond acceptors (Lipinski definition) is 9. The Hall–Kier alpha value is -6.88. The first-order valence-corrected chi connectivity index (χ1v) is 22.0. The van der Waals surface area contributed by atoms with Gasteiger partial charge in [0.25, 0.3) is 22.9 Å². The monoisotopic (exact) mass is 1140 g/mol. The Balaban J connectivity index is 0.000000229. The molecule has 0 saturated carbocycles. The van der Waals surface area contributed by atoms with Crippen molar-refractivity contribution in [1.29, 1.82) is 0 Å². The van der Waals surface area contributed by atoms with Crippen LogP contribution in [0.4, 0.5) is 40.6 Å². The predicted octanol–water partition coefficient (Wildman–Crippen LogP) is 10.3. The molecule has 0 saturated heterocycles. The highest BCUT2D eigenvalue weighted by Gasteiger charge is 2.25. The lowest BCUT2D eigenvalue weighted by molar-refractivity contribution is 0.0947. The van der Waals surface area contributed by atoms with E-state index in [4.69, 9.17) is 19.9 Å². The van der Waals surface area contributed by atoms with Gasteiger partial charge in [-0.3, -0.25) is 28.3 Å². The molecular weight excluding hydrogens is 1100 g/mol. The Morgan fingerprint density at radius 3 is 1.46 bits per heavy atom. The first-order chi connectivity index (χ1) is 31.8. The molecular formula is C48H40F4I2N6O7. The van der Waals surface area contributed by atoms with Crippen LogP contribution in [0.15, 0.2) is 119 Å². The van der Waals surface area contributed by atoms with Gasteiger partial charge in [-0.15, -0.1) is 0 Å². The van der Waals surface area contributed by atoms with E-state index in [1.165, 1.54) is 62.6 Å². The average molecular weight is 1140 g/mol. The molecule has 0 radical (unpaired) electrons. The SMILES string of the molecule is COc1ccc(CNC(=O)c2c(Oc3ccc(C)cc3F)cc(=O)n(C)c2Nc2ccc(I)cc2F)cc1.Cc1ccc(Oc2cc(=O)n(C)c(Nc3ccc(I)cc3F)c2C(N)=O)c(F)c1. The number of nitrogens with two attached hydrogens (primary N) is 1. The van der Waals surface area contributed by atoms with Gasteiger partial charge in [0.05, 0.1) is 18.5 Å². The summed E-state index contributed by atoms with van der Waals surface area (Å²) < 4.78 is 77.9. The van der Waals surface area contributed by atoms with Crippen LogP contribution >= 0.6 is 45.2 Å². The summed E-state index contributed by atoms with van der Waals surface area (Å²) >= 11 is 3.93. The summed E-state index contributed by atoms with van der Waals surface area (Å²) in [4.78, 5) is 50.9. The number of hydrogen-bond donors (Lipinski definition) is 4. The van der Waals surface area contributed by atoms with E-state index >= 15 is 0 Å². The summed E-state index contributed by atoms with van der Waals surface area (Å²) in [5, 5.41) is 8.37. The first kappa shape index (κ1) is 49.6. The number of ether oxygens (including phenoxy) is 3. The molecule has 0 bridgehead atoms.